The van der Waals surface area contributed by atoms with Gasteiger partial charge in [0.05, 0.1) is 6.07 Å². The summed E-state index contributed by atoms with van der Waals surface area (Å²) in [6, 6.07) is 12.2. The third-order valence-electron chi connectivity index (χ3n) is 2.57. The molecule has 0 saturated carbocycles. The van der Waals surface area contributed by atoms with Crippen molar-refractivity contribution in [2.75, 3.05) is 19.6 Å². The molecule has 0 atom stereocenters. The van der Waals surface area contributed by atoms with Crippen LogP contribution >= 0.6 is 0 Å². The van der Waals surface area contributed by atoms with Gasteiger partial charge < -0.3 is 0 Å². The van der Waals surface area contributed by atoms with Crippen molar-refractivity contribution in [3.63, 3.8) is 0 Å². The van der Waals surface area contributed by atoms with Crippen LogP contribution in [0.2, 0.25) is 0 Å². The zero-order valence-electron chi connectivity index (χ0n) is 9.98. The van der Waals surface area contributed by atoms with Crippen LogP contribution in [-0.2, 0) is 0 Å². The molecule has 1 rings (SSSR count). The summed E-state index contributed by atoms with van der Waals surface area (Å²) in [7, 11) is 0. The van der Waals surface area contributed by atoms with Crippen molar-refractivity contribution in [2.24, 2.45) is 0 Å². The van der Waals surface area contributed by atoms with Crippen LogP contribution in [0.4, 0.5) is 0 Å². The van der Waals surface area contributed by atoms with Gasteiger partial charge in [-0.1, -0.05) is 44.2 Å². The first kappa shape index (κ1) is 12.5. The maximum atomic E-state index is 9.08. The largest absolute Gasteiger partial charge is 0.299 e. The average molecular weight is 214 g/mol. The molecule has 0 aromatic heterocycles. The summed E-state index contributed by atoms with van der Waals surface area (Å²) in [5.41, 5.74) is 1.90. The lowest BCUT2D eigenvalue weighted by atomic mass is 10.1. The summed E-state index contributed by atoms with van der Waals surface area (Å²) >= 11 is 0. The number of hydrogen-bond acceptors (Lipinski definition) is 2. The zero-order chi connectivity index (χ0) is 11.8. The molecule has 0 spiro atoms. The van der Waals surface area contributed by atoms with E-state index in [1.807, 2.05) is 36.4 Å². The van der Waals surface area contributed by atoms with Gasteiger partial charge in [-0.15, -0.1) is 0 Å². The highest BCUT2D eigenvalue weighted by atomic mass is 15.1. The molecule has 0 aliphatic rings. The van der Waals surface area contributed by atoms with E-state index in [0.29, 0.717) is 0 Å². The van der Waals surface area contributed by atoms with Crippen molar-refractivity contribution in [2.45, 2.75) is 13.8 Å². The third kappa shape index (κ3) is 3.88. The van der Waals surface area contributed by atoms with Crippen LogP contribution in [0.25, 0.3) is 6.08 Å². The molecule has 1 aromatic rings. The summed E-state index contributed by atoms with van der Waals surface area (Å²) in [6.45, 7) is 6.91. The molecule has 0 N–H and O–H groups in total. The Morgan fingerprint density at radius 3 is 2.38 bits per heavy atom. The molecule has 0 radical (unpaired) electrons. The van der Waals surface area contributed by atoms with E-state index in [0.717, 1.165) is 30.8 Å². The van der Waals surface area contributed by atoms with E-state index >= 15 is 0 Å². The Morgan fingerprint density at radius 2 is 1.88 bits per heavy atom. The maximum Gasteiger partial charge on any atom is 0.0961 e. The van der Waals surface area contributed by atoms with Crippen LogP contribution in [0, 0.1) is 11.3 Å². The van der Waals surface area contributed by atoms with E-state index in [1.165, 1.54) is 0 Å². The number of likely N-dealkylation sites (N-methyl/N-ethyl adjacent to an activating group) is 1. The van der Waals surface area contributed by atoms with Gasteiger partial charge in [0.15, 0.2) is 0 Å². The van der Waals surface area contributed by atoms with Crippen molar-refractivity contribution in [1.82, 2.24) is 4.90 Å². The highest BCUT2D eigenvalue weighted by Gasteiger charge is 2.02. The average Bonchev–Trinajstić information content (AvgIpc) is 2.35. The lowest BCUT2D eigenvalue weighted by Crippen LogP contribution is -2.24. The number of nitriles is 1. The molecule has 2 nitrogen and oxygen atoms in total. The summed E-state index contributed by atoms with van der Waals surface area (Å²) in [6.07, 6.45) is 1.96. The van der Waals surface area contributed by atoms with E-state index in [-0.39, 0.29) is 0 Å². The van der Waals surface area contributed by atoms with Crippen molar-refractivity contribution in [1.29, 1.82) is 5.26 Å². The molecule has 16 heavy (non-hydrogen) atoms. The Hall–Kier alpha value is -1.59. The predicted octanol–water partition coefficient (Wildman–Crippen LogP) is 2.94. The lowest BCUT2D eigenvalue weighted by molar-refractivity contribution is 0.333. The van der Waals surface area contributed by atoms with Gasteiger partial charge in [-0.05, 0) is 24.7 Å². The van der Waals surface area contributed by atoms with Crippen molar-refractivity contribution in [3.8, 4) is 6.07 Å². The van der Waals surface area contributed by atoms with Gasteiger partial charge in [-0.3, -0.25) is 4.90 Å². The van der Waals surface area contributed by atoms with Crippen molar-refractivity contribution >= 4 is 6.08 Å². The Labute approximate surface area is 97.8 Å². The summed E-state index contributed by atoms with van der Waals surface area (Å²) in [5.74, 6) is 0. The van der Waals surface area contributed by atoms with E-state index < -0.39 is 0 Å². The molecule has 0 unspecified atom stereocenters. The van der Waals surface area contributed by atoms with E-state index in [4.69, 9.17) is 5.26 Å². The van der Waals surface area contributed by atoms with Gasteiger partial charge >= 0.3 is 0 Å². The summed E-state index contributed by atoms with van der Waals surface area (Å²) < 4.78 is 0. The molecule has 2 heteroatoms. The van der Waals surface area contributed by atoms with Gasteiger partial charge in [0, 0.05) is 12.1 Å². The van der Waals surface area contributed by atoms with E-state index in [9.17, 15) is 0 Å². The topological polar surface area (TPSA) is 27.0 Å². The van der Waals surface area contributed by atoms with Gasteiger partial charge in [-0.25, -0.2) is 0 Å². The molecule has 1 aromatic carbocycles. The summed E-state index contributed by atoms with van der Waals surface area (Å²) in [5, 5.41) is 9.08. The molecule has 0 bridgehead atoms. The maximum absolute atomic E-state index is 9.08. The van der Waals surface area contributed by atoms with Crippen molar-refractivity contribution in [3.05, 3.63) is 41.5 Å². The Balaban J connectivity index is 2.75. The molecule has 0 fully saturated rings. The SMILES string of the molecule is CCN(CC)C/C(C#N)=C/c1ccccc1. The highest BCUT2D eigenvalue weighted by molar-refractivity contribution is 5.57. The fraction of sp³-hybridized carbons (Fsp3) is 0.357. The predicted molar refractivity (Wildman–Crippen MR) is 67.8 cm³/mol. The molecule has 0 aliphatic carbocycles. The van der Waals surface area contributed by atoms with Crippen LogP contribution in [0.1, 0.15) is 19.4 Å². The van der Waals surface area contributed by atoms with E-state index in [1.54, 1.807) is 0 Å². The first-order valence-corrected chi connectivity index (χ1v) is 5.68. The van der Waals surface area contributed by atoms with Gasteiger partial charge in [0.2, 0.25) is 0 Å². The van der Waals surface area contributed by atoms with Crippen LogP contribution in [-0.4, -0.2) is 24.5 Å². The van der Waals surface area contributed by atoms with E-state index in [2.05, 4.69) is 24.8 Å². The number of hydrogen-bond donors (Lipinski definition) is 0. The molecule has 0 saturated heterocycles. The molecule has 0 amide bonds. The highest BCUT2D eigenvalue weighted by Crippen LogP contribution is 2.07. The molecular formula is C14H18N2. The first-order chi connectivity index (χ1) is 7.80. The fourth-order valence-corrected chi connectivity index (χ4v) is 1.55. The minimum atomic E-state index is 0.735. The standard InChI is InChI=1S/C14H18N2/c1-3-16(4-2)12-14(11-15)10-13-8-6-5-7-9-13/h5-10H,3-4,12H2,1-2H3/b14-10+. The zero-order valence-corrected chi connectivity index (χ0v) is 9.98. The Kier molecular flexibility index (Phi) is 5.31. The molecular weight excluding hydrogens is 196 g/mol. The van der Waals surface area contributed by atoms with Crippen molar-refractivity contribution < 1.29 is 0 Å². The number of benzene rings is 1. The lowest BCUT2D eigenvalue weighted by Gasteiger charge is -2.16. The van der Waals surface area contributed by atoms with Crippen LogP contribution in [0.15, 0.2) is 35.9 Å². The Morgan fingerprint density at radius 1 is 1.25 bits per heavy atom. The Bertz CT molecular complexity index is 369. The van der Waals surface area contributed by atoms with Gasteiger partial charge in [0.25, 0.3) is 0 Å². The monoisotopic (exact) mass is 214 g/mol. The second-order valence-corrected chi connectivity index (χ2v) is 3.65. The smallest absolute Gasteiger partial charge is 0.0961 e. The number of rotatable bonds is 5. The minimum Gasteiger partial charge on any atom is -0.299 e. The van der Waals surface area contributed by atoms with Gasteiger partial charge in [-0.2, -0.15) is 5.26 Å². The van der Waals surface area contributed by atoms with Crippen LogP contribution < -0.4 is 0 Å². The second kappa shape index (κ2) is 6.81. The fourth-order valence-electron chi connectivity index (χ4n) is 1.55. The van der Waals surface area contributed by atoms with Crippen LogP contribution in [0.3, 0.4) is 0 Å². The van der Waals surface area contributed by atoms with Crippen LogP contribution in [0.5, 0.6) is 0 Å². The minimum absolute atomic E-state index is 0.735. The number of nitrogens with zero attached hydrogens (tertiary/aromatic N) is 2. The summed E-state index contributed by atoms with van der Waals surface area (Å²) in [4.78, 5) is 2.23. The molecule has 0 heterocycles. The first-order valence-electron chi connectivity index (χ1n) is 5.68. The quantitative estimate of drug-likeness (QED) is 0.705. The second-order valence-electron chi connectivity index (χ2n) is 3.65. The third-order valence-corrected chi connectivity index (χ3v) is 2.57. The van der Waals surface area contributed by atoms with Gasteiger partial charge in [0.1, 0.15) is 0 Å². The molecule has 0 aliphatic heterocycles. The molecule has 84 valence electrons. The normalized spacial score (nSPS) is 11.5.